The third-order valence-electron chi connectivity index (χ3n) is 9.65. The molecule has 0 rings (SSSR count). The van der Waals surface area contributed by atoms with Gasteiger partial charge in [-0.15, -0.1) is 0 Å². The Balaban J connectivity index is 4.08. The predicted octanol–water partition coefficient (Wildman–Crippen LogP) is 12.8. The molecule has 0 aromatic carbocycles. The summed E-state index contributed by atoms with van der Waals surface area (Å²) in [5, 5.41) is 0. The van der Waals surface area contributed by atoms with Crippen LogP contribution in [0, 0.1) is 5.92 Å². The summed E-state index contributed by atoms with van der Waals surface area (Å²) in [5.41, 5.74) is 0. The van der Waals surface area contributed by atoms with E-state index in [1.165, 1.54) is 116 Å². The number of ether oxygens (including phenoxy) is 3. The Morgan fingerprint density at radius 2 is 0.729 bits per heavy atom. The smallest absolute Gasteiger partial charge is 0.306 e. The standard InChI is InChI=1S/C42H80O6/c1-5-8-10-12-21-27-31-35-42(45)48-39(36-46-40(43)33-29-24-11-9-6-2)37-47-41(44)34-30-26-23-20-18-16-14-13-15-17-19-22-25-28-32-38(4)7-3/h38-39H,5-37H2,1-4H3/t38?,39-/m0/s1. The molecule has 0 bridgehead atoms. The van der Waals surface area contributed by atoms with Gasteiger partial charge in [0, 0.05) is 19.3 Å². The van der Waals surface area contributed by atoms with Crippen molar-refractivity contribution >= 4 is 17.9 Å². The van der Waals surface area contributed by atoms with Crippen LogP contribution in [0.3, 0.4) is 0 Å². The van der Waals surface area contributed by atoms with E-state index in [-0.39, 0.29) is 31.1 Å². The lowest BCUT2D eigenvalue weighted by Gasteiger charge is -2.18. The van der Waals surface area contributed by atoms with E-state index in [0.717, 1.165) is 70.1 Å². The molecule has 0 radical (unpaired) electrons. The molecule has 6 heteroatoms. The van der Waals surface area contributed by atoms with Crippen LogP contribution in [0.15, 0.2) is 0 Å². The summed E-state index contributed by atoms with van der Waals surface area (Å²) in [6.45, 7) is 8.90. The molecule has 0 aliphatic heterocycles. The Morgan fingerprint density at radius 3 is 1.08 bits per heavy atom. The molecule has 2 atom stereocenters. The van der Waals surface area contributed by atoms with Crippen molar-refractivity contribution in [2.45, 2.75) is 233 Å². The van der Waals surface area contributed by atoms with Crippen molar-refractivity contribution in [3.8, 4) is 0 Å². The second-order valence-electron chi connectivity index (χ2n) is 14.5. The van der Waals surface area contributed by atoms with Crippen molar-refractivity contribution < 1.29 is 28.6 Å². The van der Waals surface area contributed by atoms with Gasteiger partial charge in [0.2, 0.25) is 0 Å². The van der Waals surface area contributed by atoms with Crippen molar-refractivity contribution in [3.05, 3.63) is 0 Å². The Bertz CT molecular complexity index is 723. The highest BCUT2D eigenvalue weighted by Crippen LogP contribution is 2.17. The second-order valence-corrected chi connectivity index (χ2v) is 14.5. The van der Waals surface area contributed by atoms with Crippen molar-refractivity contribution in [3.63, 3.8) is 0 Å². The van der Waals surface area contributed by atoms with Gasteiger partial charge in [0.25, 0.3) is 0 Å². The second kappa shape index (κ2) is 36.7. The molecule has 0 spiro atoms. The minimum atomic E-state index is -0.755. The molecular weight excluding hydrogens is 600 g/mol. The van der Waals surface area contributed by atoms with Crippen LogP contribution in [0.1, 0.15) is 227 Å². The van der Waals surface area contributed by atoms with Crippen LogP contribution in [-0.4, -0.2) is 37.2 Å². The van der Waals surface area contributed by atoms with Crippen LogP contribution in [0.2, 0.25) is 0 Å². The molecule has 6 nitrogen and oxygen atoms in total. The van der Waals surface area contributed by atoms with Gasteiger partial charge in [0.15, 0.2) is 6.10 Å². The Labute approximate surface area is 298 Å². The van der Waals surface area contributed by atoms with E-state index in [2.05, 4.69) is 27.7 Å². The Hall–Kier alpha value is -1.59. The molecule has 0 aliphatic rings. The molecule has 0 aromatic heterocycles. The number of unbranched alkanes of at least 4 members (excludes halogenated alkanes) is 23. The molecule has 0 aliphatic carbocycles. The summed E-state index contributed by atoms with van der Waals surface area (Å²) in [7, 11) is 0. The number of hydrogen-bond acceptors (Lipinski definition) is 6. The third kappa shape index (κ3) is 34.3. The van der Waals surface area contributed by atoms with Gasteiger partial charge in [0.05, 0.1) is 0 Å². The van der Waals surface area contributed by atoms with E-state index >= 15 is 0 Å². The summed E-state index contributed by atoms with van der Waals surface area (Å²) >= 11 is 0. The number of carbonyl (C=O) groups excluding carboxylic acids is 3. The largest absolute Gasteiger partial charge is 0.462 e. The van der Waals surface area contributed by atoms with Gasteiger partial charge in [-0.2, -0.15) is 0 Å². The van der Waals surface area contributed by atoms with E-state index in [1.54, 1.807) is 0 Å². The van der Waals surface area contributed by atoms with E-state index in [0.29, 0.717) is 19.3 Å². The molecule has 0 N–H and O–H groups in total. The van der Waals surface area contributed by atoms with Gasteiger partial charge < -0.3 is 14.2 Å². The molecule has 48 heavy (non-hydrogen) atoms. The van der Waals surface area contributed by atoms with Crippen molar-refractivity contribution in [2.75, 3.05) is 13.2 Å². The van der Waals surface area contributed by atoms with Gasteiger partial charge >= 0.3 is 17.9 Å². The molecule has 0 aromatic rings. The maximum absolute atomic E-state index is 12.5. The van der Waals surface area contributed by atoms with Gasteiger partial charge in [-0.25, -0.2) is 0 Å². The summed E-state index contributed by atoms with van der Waals surface area (Å²) in [6, 6.07) is 0. The summed E-state index contributed by atoms with van der Waals surface area (Å²) < 4.78 is 16.5. The summed E-state index contributed by atoms with van der Waals surface area (Å²) in [4.78, 5) is 37.2. The zero-order valence-electron chi connectivity index (χ0n) is 32.4. The fraction of sp³-hybridized carbons (Fsp3) is 0.929. The molecule has 284 valence electrons. The highest BCUT2D eigenvalue weighted by atomic mass is 16.6. The normalized spacial score (nSPS) is 12.5. The maximum atomic E-state index is 12.5. The third-order valence-corrected chi connectivity index (χ3v) is 9.65. The highest BCUT2D eigenvalue weighted by Gasteiger charge is 2.19. The average Bonchev–Trinajstić information content (AvgIpc) is 3.08. The van der Waals surface area contributed by atoms with Crippen molar-refractivity contribution in [1.29, 1.82) is 0 Å². The van der Waals surface area contributed by atoms with Crippen LogP contribution in [0.5, 0.6) is 0 Å². The molecule has 0 heterocycles. The minimum absolute atomic E-state index is 0.0659. The lowest BCUT2D eigenvalue weighted by molar-refractivity contribution is -0.167. The lowest BCUT2D eigenvalue weighted by atomic mass is 9.99. The first kappa shape index (κ1) is 46.4. The van der Waals surface area contributed by atoms with Gasteiger partial charge in [-0.3, -0.25) is 14.4 Å². The quantitative estimate of drug-likeness (QED) is 0.0369. The van der Waals surface area contributed by atoms with Crippen molar-refractivity contribution in [2.24, 2.45) is 5.92 Å². The average molecular weight is 681 g/mol. The first-order chi connectivity index (χ1) is 23.4. The highest BCUT2D eigenvalue weighted by molar-refractivity contribution is 5.71. The van der Waals surface area contributed by atoms with Crippen LogP contribution in [0.25, 0.3) is 0 Å². The molecular formula is C42H80O6. The number of rotatable bonds is 37. The number of carbonyl (C=O) groups is 3. The number of hydrogen-bond donors (Lipinski definition) is 0. The SMILES string of the molecule is CCCCCCCCCC(=O)O[C@@H](COC(=O)CCCCCCC)COC(=O)CCCCCCCCCCCCCCCCC(C)CC. The minimum Gasteiger partial charge on any atom is -0.462 e. The van der Waals surface area contributed by atoms with Gasteiger partial charge in [-0.1, -0.05) is 188 Å². The van der Waals surface area contributed by atoms with E-state index in [1.807, 2.05) is 0 Å². The molecule has 0 fully saturated rings. The lowest BCUT2D eigenvalue weighted by Crippen LogP contribution is -2.30. The van der Waals surface area contributed by atoms with Crippen LogP contribution in [0.4, 0.5) is 0 Å². The molecule has 0 saturated carbocycles. The fourth-order valence-corrected chi connectivity index (χ4v) is 6.06. The zero-order chi connectivity index (χ0) is 35.3. The van der Waals surface area contributed by atoms with Crippen LogP contribution in [-0.2, 0) is 28.6 Å². The van der Waals surface area contributed by atoms with Crippen LogP contribution < -0.4 is 0 Å². The maximum Gasteiger partial charge on any atom is 0.306 e. The fourth-order valence-electron chi connectivity index (χ4n) is 6.06. The van der Waals surface area contributed by atoms with E-state index in [9.17, 15) is 14.4 Å². The molecule has 1 unspecified atom stereocenters. The van der Waals surface area contributed by atoms with E-state index in [4.69, 9.17) is 14.2 Å². The summed E-state index contributed by atoms with van der Waals surface area (Å²) in [5.74, 6) is 0.0150. The molecule has 0 amide bonds. The predicted molar refractivity (Wildman–Crippen MR) is 201 cm³/mol. The van der Waals surface area contributed by atoms with Gasteiger partial charge in [-0.05, 0) is 25.2 Å². The number of esters is 3. The Morgan fingerprint density at radius 1 is 0.417 bits per heavy atom. The van der Waals surface area contributed by atoms with Gasteiger partial charge in [0.1, 0.15) is 13.2 Å². The first-order valence-corrected chi connectivity index (χ1v) is 20.9. The topological polar surface area (TPSA) is 78.9 Å². The van der Waals surface area contributed by atoms with Crippen LogP contribution >= 0.6 is 0 Å². The molecule has 0 saturated heterocycles. The Kier molecular flexibility index (Phi) is 35.5. The first-order valence-electron chi connectivity index (χ1n) is 20.9. The van der Waals surface area contributed by atoms with Crippen molar-refractivity contribution in [1.82, 2.24) is 0 Å². The summed E-state index contributed by atoms with van der Waals surface area (Å²) in [6.07, 6.45) is 34.1. The zero-order valence-corrected chi connectivity index (χ0v) is 32.4. The van der Waals surface area contributed by atoms with E-state index < -0.39 is 6.10 Å². The monoisotopic (exact) mass is 681 g/mol.